The number of hydrogen-bond acceptors (Lipinski definition) is 9. The standard InChI is InChI=1S/C23H18N4O6S/c1-11-8-15-9-14(6-7-17(15)33-11)20(28)18-19(13-4-3-5-16(10-13)27(31)32)26(22(30)21(18)29)23-25-24-12(2)34-23/h3-7,9-11,19,28H,8H2,1-2H3. The minimum absolute atomic E-state index is 0.0107. The van der Waals surface area contributed by atoms with Crippen LogP contribution >= 0.6 is 11.3 Å². The predicted octanol–water partition coefficient (Wildman–Crippen LogP) is 3.70. The van der Waals surface area contributed by atoms with Gasteiger partial charge in [0.15, 0.2) is 0 Å². The van der Waals surface area contributed by atoms with Crippen LogP contribution < -0.4 is 9.64 Å². The second-order valence-corrected chi connectivity index (χ2v) is 9.24. The summed E-state index contributed by atoms with van der Waals surface area (Å²) >= 11 is 1.10. The summed E-state index contributed by atoms with van der Waals surface area (Å²) in [7, 11) is 0. The van der Waals surface area contributed by atoms with Crippen LogP contribution in [0.4, 0.5) is 10.8 Å². The molecule has 2 aromatic carbocycles. The Balaban J connectivity index is 1.70. The maximum absolute atomic E-state index is 13.2. The van der Waals surface area contributed by atoms with Crippen molar-refractivity contribution < 1.29 is 24.4 Å². The molecule has 2 aliphatic rings. The van der Waals surface area contributed by atoms with Crippen molar-refractivity contribution in [3.8, 4) is 5.75 Å². The van der Waals surface area contributed by atoms with Gasteiger partial charge in [-0.1, -0.05) is 23.5 Å². The van der Waals surface area contributed by atoms with E-state index < -0.39 is 22.7 Å². The van der Waals surface area contributed by atoms with Crippen LogP contribution in [-0.2, 0) is 16.0 Å². The molecule has 0 aliphatic carbocycles. The fourth-order valence-corrected chi connectivity index (χ4v) is 4.98. The number of nitrogens with zero attached hydrogens (tertiary/aromatic N) is 4. The number of carbonyl (C=O) groups is 2. The lowest BCUT2D eigenvalue weighted by atomic mass is 9.94. The molecule has 5 rings (SSSR count). The lowest BCUT2D eigenvalue weighted by molar-refractivity contribution is -0.384. The summed E-state index contributed by atoms with van der Waals surface area (Å²) in [6.45, 7) is 3.63. The Kier molecular flexibility index (Phi) is 5.13. The van der Waals surface area contributed by atoms with Crippen LogP contribution in [0.1, 0.15) is 34.7 Å². The molecule has 0 bridgehead atoms. The first-order chi connectivity index (χ1) is 16.2. The van der Waals surface area contributed by atoms with Crippen molar-refractivity contribution in [2.75, 3.05) is 4.90 Å². The number of non-ortho nitro benzene ring substituents is 1. The number of benzene rings is 2. The molecule has 11 heteroatoms. The van der Waals surface area contributed by atoms with Crippen LogP contribution in [0.5, 0.6) is 5.75 Å². The van der Waals surface area contributed by atoms with Gasteiger partial charge in [0, 0.05) is 24.1 Å². The third kappa shape index (κ3) is 3.50. The van der Waals surface area contributed by atoms with E-state index in [1.54, 1.807) is 31.2 Å². The predicted molar refractivity (Wildman–Crippen MR) is 123 cm³/mol. The van der Waals surface area contributed by atoms with Gasteiger partial charge in [0.2, 0.25) is 5.13 Å². The molecule has 1 N–H and O–H groups in total. The lowest BCUT2D eigenvalue weighted by Gasteiger charge is -2.22. The Morgan fingerprint density at radius 2 is 2.03 bits per heavy atom. The number of aryl methyl sites for hydroxylation is 1. The molecule has 10 nitrogen and oxygen atoms in total. The summed E-state index contributed by atoms with van der Waals surface area (Å²) in [6.07, 6.45) is 0.631. The highest BCUT2D eigenvalue weighted by atomic mass is 32.1. The monoisotopic (exact) mass is 478 g/mol. The molecule has 0 radical (unpaired) electrons. The van der Waals surface area contributed by atoms with Gasteiger partial charge in [-0.2, -0.15) is 0 Å². The minimum atomic E-state index is -1.12. The molecule has 3 heterocycles. The largest absolute Gasteiger partial charge is 0.507 e. The van der Waals surface area contributed by atoms with Gasteiger partial charge in [0.1, 0.15) is 22.6 Å². The number of amides is 1. The van der Waals surface area contributed by atoms with E-state index in [0.717, 1.165) is 21.8 Å². The Morgan fingerprint density at radius 1 is 1.24 bits per heavy atom. The van der Waals surface area contributed by atoms with Crippen molar-refractivity contribution in [3.05, 3.63) is 79.8 Å². The van der Waals surface area contributed by atoms with Crippen molar-refractivity contribution in [1.29, 1.82) is 0 Å². The normalized spacial score (nSPS) is 20.9. The Bertz CT molecular complexity index is 1400. The van der Waals surface area contributed by atoms with Gasteiger partial charge in [0.05, 0.1) is 16.5 Å². The maximum Gasteiger partial charge on any atom is 0.301 e. The van der Waals surface area contributed by atoms with E-state index in [0.29, 0.717) is 28.3 Å². The molecule has 3 aromatic rings. The van der Waals surface area contributed by atoms with Crippen LogP contribution in [-0.4, -0.2) is 38.0 Å². The number of aliphatic hydroxyl groups is 1. The molecule has 1 aromatic heterocycles. The van der Waals surface area contributed by atoms with Crippen LogP contribution in [0.2, 0.25) is 0 Å². The van der Waals surface area contributed by atoms with E-state index in [9.17, 15) is 24.8 Å². The summed E-state index contributed by atoms with van der Waals surface area (Å²) in [4.78, 5) is 38.3. The van der Waals surface area contributed by atoms with Crippen LogP contribution in [0.3, 0.4) is 0 Å². The second-order valence-electron chi connectivity index (χ2n) is 8.08. The molecular formula is C23H18N4O6S. The molecule has 0 spiro atoms. The SMILES string of the molecule is Cc1nnc(N2C(=O)C(=O)C(=C(O)c3ccc4c(c3)CC(C)O4)C2c2cccc([N+](=O)[O-])c2)s1. The van der Waals surface area contributed by atoms with Crippen molar-refractivity contribution in [2.24, 2.45) is 0 Å². The van der Waals surface area contributed by atoms with Crippen molar-refractivity contribution >= 4 is 39.6 Å². The zero-order valence-electron chi connectivity index (χ0n) is 18.1. The smallest absolute Gasteiger partial charge is 0.301 e. The first-order valence-electron chi connectivity index (χ1n) is 10.4. The van der Waals surface area contributed by atoms with E-state index >= 15 is 0 Å². The number of ether oxygens (including phenoxy) is 1. The van der Waals surface area contributed by atoms with Gasteiger partial charge in [-0.15, -0.1) is 10.2 Å². The number of hydrogen-bond donors (Lipinski definition) is 1. The topological polar surface area (TPSA) is 136 Å². The van der Waals surface area contributed by atoms with E-state index in [2.05, 4.69) is 10.2 Å². The number of ketones is 1. The highest BCUT2D eigenvalue weighted by Gasteiger charge is 2.48. The molecule has 1 saturated heterocycles. The zero-order chi connectivity index (χ0) is 24.1. The molecule has 2 atom stereocenters. The van der Waals surface area contributed by atoms with Gasteiger partial charge in [-0.25, -0.2) is 0 Å². The fraction of sp³-hybridized carbons (Fsp3) is 0.217. The summed E-state index contributed by atoms with van der Waals surface area (Å²) < 4.78 is 5.70. The van der Waals surface area contributed by atoms with Gasteiger partial charge in [-0.05, 0) is 43.2 Å². The van der Waals surface area contributed by atoms with E-state index in [-0.39, 0.29) is 28.3 Å². The van der Waals surface area contributed by atoms with Crippen molar-refractivity contribution in [2.45, 2.75) is 32.4 Å². The molecular weight excluding hydrogens is 460 g/mol. The van der Waals surface area contributed by atoms with E-state index in [4.69, 9.17) is 4.74 Å². The number of anilines is 1. The number of carbonyl (C=O) groups excluding carboxylic acids is 2. The number of nitro groups is 1. The Morgan fingerprint density at radius 3 is 2.74 bits per heavy atom. The number of rotatable bonds is 4. The molecule has 1 fully saturated rings. The van der Waals surface area contributed by atoms with Crippen LogP contribution in [0, 0.1) is 17.0 Å². The first-order valence-corrected chi connectivity index (χ1v) is 11.2. The number of fused-ring (bicyclic) bond motifs is 1. The summed E-state index contributed by atoms with van der Waals surface area (Å²) in [5.41, 5.74) is 1.13. The average molecular weight is 478 g/mol. The van der Waals surface area contributed by atoms with Gasteiger partial charge in [-0.3, -0.25) is 24.6 Å². The van der Waals surface area contributed by atoms with E-state index in [1.807, 2.05) is 6.92 Å². The van der Waals surface area contributed by atoms with Gasteiger partial charge < -0.3 is 9.84 Å². The Hall–Kier alpha value is -4.12. The van der Waals surface area contributed by atoms with Crippen molar-refractivity contribution in [3.63, 3.8) is 0 Å². The molecule has 34 heavy (non-hydrogen) atoms. The number of Topliss-reactive ketones (excluding diaryl/α,β-unsaturated/α-hetero) is 1. The zero-order valence-corrected chi connectivity index (χ0v) is 18.9. The number of aliphatic hydroxyl groups excluding tert-OH is 1. The van der Waals surface area contributed by atoms with Crippen molar-refractivity contribution in [1.82, 2.24) is 10.2 Å². The Labute approximate surface area is 197 Å². The van der Waals surface area contributed by atoms with Crippen LogP contribution in [0.15, 0.2) is 48.0 Å². The summed E-state index contributed by atoms with van der Waals surface area (Å²) in [6, 6.07) is 9.55. The molecule has 2 aliphatic heterocycles. The second kappa shape index (κ2) is 8.03. The summed E-state index contributed by atoms with van der Waals surface area (Å²) in [5.74, 6) is -1.48. The fourth-order valence-electron chi connectivity index (χ4n) is 4.26. The first kappa shape index (κ1) is 21.7. The molecule has 1 amide bonds. The van der Waals surface area contributed by atoms with Gasteiger partial charge in [0.25, 0.3) is 11.5 Å². The highest BCUT2D eigenvalue weighted by molar-refractivity contribution is 7.15. The molecule has 172 valence electrons. The van der Waals surface area contributed by atoms with E-state index in [1.165, 1.54) is 18.2 Å². The molecule has 0 saturated carbocycles. The number of aromatic nitrogens is 2. The lowest BCUT2D eigenvalue weighted by Crippen LogP contribution is -2.29. The number of nitro benzene ring substituents is 1. The molecule has 2 unspecified atom stereocenters. The van der Waals surface area contributed by atoms with Crippen LogP contribution in [0.25, 0.3) is 5.76 Å². The maximum atomic E-state index is 13.2. The third-order valence-electron chi connectivity index (χ3n) is 5.73. The summed E-state index contributed by atoms with van der Waals surface area (Å²) in [5, 5.41) is 31.3. The minimum Gasteiger partial charge on any atom is -0.507 e. The highest BCUT2D eigenvalue weighted by Crippen LogP contribution is 2.44. The average Bonchev–Trinajstić information content (AvgIpc) is 3.48. The van der Waals surface area contributed by atoms with Gasteiger partial charge >= 0.3 is 5.91 Å². The third-order valence-corrected chi connectivity index (χ3v) is 6.57. The quantitative estimate of drug-likeness (QED) is 0.197.